The summed E-state index contributed by atoms with van der Waals surface area (Å²) >= 11 is 11.9. The zero-order valence-electron chi connectivity index (χ0n) is 14.4. The van der Waals surface area contributed by atoms with Crippen molar-refractivity contribution in [2.45, 2.75) is 33.3 Å². The first-order valence-electron chi connectivity index (χ1n) is 7.63. The van der Waals surface area contributed by atoms with Crippen LogP contribution in [0, 0.1) is 13.8 Å². The number of aromatic nitrogens is 2. The molecule has 134 valence electrons. The Hall–Kier alpha value is -2.05. The van der Waals surface area contributed by atoms with Gasteiger partial charge >= 0.3 is 5.97 Å². The van der Waals surface area contributed by atoms with Crippen molar-refractivity contribution in [2.24, 2.45) is 7.05 Å². The van der Waals surface area contributed by atoms with Gasteiger partial charge in [-0.2, -0.15) is 5.10 Å². The summed E-state index contributed by atoms with van der Waals surface area (Å²) in [5.41, 5.74) is 2.72. The lowest BCUT2D eigenvalue weighted by molar-refractivity contribution is -0.152. The number of carbonyl (C=O) groups excluding carboxylic acids is 2. The van der Waals surface area contributed by atoms with Gasteiger partial charge in [0.1, 0.15) is 0 Å². The van der Waals surface area contributed by atoms with Crippen LogP contribution in [0.3, 0.4) is 0 Å². The molecule has 0 unspecified atom stereocenters. The number of esters is 1. The Balaban J connectivity index is 1.97. The van der Waals surface area contributed by atoms with Crippen LogP contribution in [0.2, 0.25) is 10.0 Å². The van der Waals surface area contributed by atoms with Crippen molar-refractivity contribution >= 4 is 40.8 Å². The van der Waals surface area contributed by atoms with Gasteiger partial charge in [-0.1, -0.05) is 29.3 Å². The van der Waals surface area contributed by atoms with Gasteiger partial charge in [-0.3, -0.25) is 14.3 Å². The van der Waals surface area contributed by atoms with Crippen molar-refractivity contribution in [1.29, 1.82) is 0 Å². The van der Waals surface area contributed by atoms with Gasteiger partial charge in [-0.15, -0.1) is 0 Å². The normalized spacial score (nSPS) is 11.9. The Morgan fingerprint density at radius 2 is 2.00 bits per heavy atom. The third kappa shape index (κ3) is 4.74. The molecule has 0 saturated carbocycles. The van der Waals surface area contributed by atoms with Crippen LogP contribution >= 0.6 is 23.2 Å². The molecule has 0 aliphatic rings. The average Bonchev–Trinajstić information content (AvgIpc) is 2.76. The van der Waals surface area contributed by atoms with E-state index in [1.54, 1.807) is 36.9 Å². The highest BCUT2D eigenvalue weighted by atomic mass is 35.5. The van der Waals surface area contributed by atoms with Crippen molar-refractivity contribution in [3.05, 3.63) is 45.2 Å². The number of benzene rings is 1. The van der Waals surface area contributed by atoms with Crippen LogP contribution in [-0.4, -0.2) is 27.8 Å². The Bertz CT molecular complexity index is 818. The van der Waals surface area contributed by atoms with Crippen molar-refractivity contribution < 1.29 is 14.3 Å². The molecule has 1 atom stereocenters. The second kappa shape index (κ2) is 7.89. The van der Waals surface area contributed by atoms with E-state index in [1.165, 1.54) is 6.92 Å². The first-order chi connectivity index (χ1) is 11.7. The van der Waals surface area contributed by atoms with Crippen LogP contribution in [0.25, 0.3) is 0 Å². The summed E-state index contributed by atoms with van der Waals surface area (Å²) in [6.07, 6.45) is -0.990. The third-order valence-electron chi connectivity index (χ3n) is 3.78. The first-order valence-corrected chi connectivity index (χ1v) is 8.39. The number of ether oxygens (including phenoxy) is 1. The van der Waals surface area contributed by atoms with Gasteiger partial charge in [0.25, 0.3) is 5.91 Å². The van der Waals surface area contributed by atoms with E-state index in [9.17, 15) is 9.59 Å². The fourth-order valence-corrected chi connectivity index (χ4v) is 2.77. The molecule has 0 radical (unpaired) electrons. The molecule has 1 aromatic carbocycles. The van der Waals surface area contributed by atoms with E-state index in [-0.39, 0.29) is 6.42 Å². The van der Waals surface area contributed by atoms with Gasteiger partial charge in [-0.05, 0) is 38.5 Å². The number of amides is 1. The van der Waals surface area contributed by atoms with E-state index in [4.69, 9.17) is 27.9 Å². The van der Waals surface area contributed by atoms with Crippen molar-refractivity contribution in [2.75, 3.05) is 5.32 Å². The smallest absolute Gasteiger partial charge is 0.311 e. The summed E-state index contributed by atoms with van der Waals surface area (Å²) in [7, 11) is 1.79. The topological polar surface area (TPSA) is 73.2 Å². The van der Waals surface area contributed by atoms with E-state index < -0.39 is 18.0 Å². The number of hydrogen-bond acceptors (Lipinski definition) is 4. The molecule has 0 aliphatic heterocycles. The summed E-state index contributed by atoms with van der Waals surface area (Å²) in [5.74, 6) is -0.971. The minimum Gasteiger partial charge on any atom is -0.452 e. The van der Waals surface area contributed by atoms with E-state index in [1.807, 2.05) is 6.92 Å². The van der Waals surface area contributed by atoms with Crippen molar-refractivity contribution in [1.82, 2.24) is 9.78 Å². The van der Waals surface area contributed by atoms with Crippen molar-refractivity contribution in [3.63, 3.8) is 0 Å². The van der Waals surface area contributed by atoms with Gasteiger partial charge in [0.2, 0.25) is 0 Å². The van der Waals surface area contributed by atoms with Gasteiger partial charge in [0.15, 0.2) is 6.10 Å². The highest BCUT2D eigenvalue weighted by Gasteiger charge is 2.21. The SMILES string of the molecule is Cc1nn(C)c(C)c1NC(=O)[C@@H](C)OC(=O)Cc1ccc(Cl)cc1Cl. The second-order valence-corrected chi connectivity index (χ2v) is 6.55. The van der Waals surface area contributed by atoms with E-state index >= 15 is 0 Å². The lowest BCUT2D eigenvalue weighted by Gasteiger charge is -2.14. The van der Waals surface area contributed by atoms with Crippen molar-refractivity contribution in [3.8, 4) is 0 Å². The number of nitrogens with one attached hydrogen (secondary N) is 1. The molecular weight excluding hydrogens is 365 g/mol. The lowest BCUT2D eigenvalue weighted by atomic mass is 10.1. The third-order valence-corrected chi connectivity index (χ3v) is 4.37. The first kappa shape index (κ1) is 19.3. The van der Waals surface area contributed by atoms with Crippen LogP contribution in [0.4, 0.5) is 5.69 Å². The average molecular weight is 384 g/mol. The van der Waals surface area contributed by atoms with Crippen LogP contribution < -0.4 is 5.32 Å². The van der Waals surface area contributed by atoms with Gasteiger partial charge in [0, 0.05) is 17.1 Å². The maximum Gasteiger partial charge on any atom is 0.311 e. The molecule has 1 aromatic heterocycles. The lowest BCUT2D eigenvalue weighted by Crippen LogP contribution is -2.30. The summed E-state index contributed by atoms with van der Waals surface area (Å²) in [4.78, 5) is 24.3. The molecule has 1 amide bonds. The highest BCUT2D eigenvalue weighted by molar-refractivity contribution is 6.35. The van der Waals surface area contributed by atoms with Crippen LogP contribution in [0.1, 0.15) is 23.9 Å². The van der Waals surface area contributed by atoms with E-state index in [0.717, 1.165) is 5.69 Å². The number of hydrogen-bond donors (Lipinski definition) is 1. The molecule has 2 aromatic rings. The molecule has 0 bridgehead atoms. The summed E-state index contributed by atoms with van der Waals surface area (Å²) < 4.78 is 6.86. The molecule has 8 heteroatoms. The largest absolute Gasteiger partial charge is 0.452 e. The second-order valence-electron chi connectivity index (χ2n) is 5.70. The molecule has 1 N–H and O–H groups in total. The summed E-state index contributed by atoms with van der Waals surface area (Å²) in [5, 5.41) is 7.83. The molecule has 0 aliphatic carbocycles. The predicted molar refractivity (Wildman–Crippen MR) is 97.0 cm³/mol. The monoisotopic (exact) mass is 383 g/mol. The fourth-order valence-electron chi connectivity index (χ4n) is 2.29. The molecule has 0 spiro atoms. The van der Waals surface area contributed by atoms with Crippen LogP contribution in [0.5, 0.6) is 0 Å². The molecule has 6 nitrogen and oxygen atoms in total. The summed E-state index contributed by atoms with van der Waals surface area (Å²) in [6.45, 7) is 5.15. The van der Waals surface area contributed by atoms with Gasteiger partial charge in [-0.25, -0.2) is 0 Å². The Morgan fingerprint density at radius 1 is 1.32 bits per heavy atom. The molecular formula is C17H19Cl2N3O3. The number of aryl methyl sites for hydroxylation is 2. The standard InChI is InChI=1S/C17H19Cl2N3O3/c1-9-16(10(2)22(4)21-9)20-17(24)11(3)25-15(23)7-12-5-6-13(18)8-14(12)19/h5-6,8,11H,7H2,1-4H3,(H,20,24)/t11-/m1/s1. The zero-order chi connectivity index (χ0) is 18.7. The van der Waals surface area contributed by atoms with Gasteiger partial charge in [0.05, 0.1) is 23.5 Å². The highest BCUT2D eigenvalue weighted by Crippen LogP contribution is 2.22. The number of halogens is 2. The fraction of sp³-hybridized carbons (Fsp3) is 0.353. The maximum absolute atomic E-state index is 12.3. The number of anilines is 1. The minimum absolute atomic E-state index is 0.0431. The quantitative estimate of drug-likeness (QED) is 0.802. The maximum atomic E-state index is 12.3. The Kier molecular flexibility index (Phi) is 6.08. The molecule has 1 heterocycles. The number of nitrogens with zero attached hydrogens (tertiary/aromatic N) is 2. The van der Waals surface area contributed by atoms with Crippen LogP contribution in [-0.2, 0) is 27.8 Å². The van der Waals surface area contributed by atoms with E-state index in [0.29, 0.717) is 27.0 Å². The minimum atomic E-state index is -0.947. The van der Waals surface area contributed by atoms with E-state index in [2.05, 4.69) is 10.4 Å². The Labute approximate surface area is 156 Å². The molecule has 0 fully saturated rings. The van der Waals surface area contributed by atoms with Gasteiger partial charge < -0.3 is 10.1 Å². The molecule has 25 heavy (non-hydrogen) atoms. The molecule has 0 saturated heterocycles. The molecule has 2 rings (SSSR count). The Morgan fingerprint density at radius 3 is 2.56 bits per heavy atom. The number of carbonyl (C=O) groups is 2. The number of rotatable bonds is 5. The predicted octanol–water partition coefficient (Wildman–Crippen LogP) is 3.46. The summed E-state index contributed by atoms with van der Waals surface area (Å²) in [6, 6.07) is 4.84. The van der Waals surface area contributed by atoms with Crippen LogP contribution in [0.15, 0.2) is 18.2 Å². The zero-order valence-corrected chi connectivity index (χ0v) is 15.9.